The van der Waals surface area contributed by atoms with Crippen molar-refractivity contribution in [2.45, 2.75) is 13.8 Å². The molecule has 26 heavy (non-hydrogen) atoms. The Labute approximate surface area is 162 Å². The third kappa shape index (κ3) is 4.73. The van der Waals surface area contributed by atoms with E-state index in [1.807, 2.05) is 49.4 Å². The van der Waals surface area contributed by atoms with Crippen LogP contribution in [-0.2, 0) is 4.79 Å². The molecule has 3 rings (SSSR count). The van der Waals surface area contributed by atoms with Gasteiger partial charge in [0.15, 0.2) is 6.61 Å². The number of halogens is 1. The summed E-state index contributed by atoms with van der Waals surface area (Å²) in [4.78, 5) is 12.1. The Bertz CT molecular complexity index is 902. The van der Waals surface area contributed by atoms with Gasteiger partial charge in [-0.25, -0.2) is 0 Å². The molecule has 0 saturated carbocycles. The van der Waals surface area contributed by atoms with Gasteiger partial charge in [0.25, 0.3) is 5.91 Å². The van der Waals surface area contributed by atoms with E-state index in [1.54, 1.807) is 0 Å². The van der Waals surface area contributed by atoms with Gasteiger partial charge in [-0.15, -0.1) is 0 Å². The highest BCUT2D eigenvalue weighted by Crippen LogP contribution is 2.23. The number of carbonyl (C=O) groups excluding carboxylic acids is 1. The predicted octanol–water partition coefficient (Wildman–Crippen LogP) is 5.75. The molecule has 0 unspecified atom stereocenters. The summed E-state index contributed by atoms with van der Waals surface area (Å²) < 4.78 is 6.58. The predicted molar refractivity (Wildman–Crippen MR) is 110 cm³/mol. The summed E-state index contributed by atoms with van der Waals surface area (Å²) in [6, 6.07) is 21.9. The SMILES string of the molecule is Cc1ccc(-c2ccc(OCC(=O)Nc3ccc(Br)cc3C)cc2)cc1. The number of hydrogen-bond acceptors (Lipinski definition) is 2. The standard InChI is InChI=1S/C22H20BrNO2/c1-15-3-5-17(6-4-15)18-7-10-20(11-8-18)26-14-22(25)24-21-12-9-19(23)13-16(21)2/h3-13H,14H2,1-2H3,(H,24,25). The van der Waals surface area contributed by atoms with Gasteiger partial charge in [-0.3, -0.25) is 4.79 Å². The zero-order valence-electron chi connectivity index (χ0n) is 14.8. The van der Waals surface area contributed by atoms with Crippen LogP contribution >= 0.6 is 15.9 Å². The van der Waals surface area contributed by atoms with Gasteiger partial charge in [0.05, 0.1) is 0 Å². The topological polar surface area (TPSA) is 38.3 Å². The molecule has 0 heterocycles. The van der Waals surface area contributed by atoms with Gasteiger partial charge in [-0.05, 0) is 60.9 Å². The largest absolute Gasteiger partial charge is 0.484 e. The maximum absolute atomic E-state index is 12.1. The molecule has 132 valence electrons. The van der Waals surface area contributed by atoms with Gasteiger partial charge < -0.3 is 10.1 Å². The van der Waals surface area contributed by atoms with Crippen molar-refractivity contribution in [3.63, 3.8) is 0 Å². The second kappa shape index (κ2) is 8.19. The lowest BCUT2D eigenvalue weighted by Gasteiger charge is -2.10. The van der Waals surface area contributed by atoms with E-state index in [0.29, 0.717) is 5.75 Å². The highest BCUT2D eigenvalue weighted by molar-refractivity contribution is 9.10. The normalized spacial score (nSPS) is 10.4. The fourth-order valence-corrected chi connectivity index (χ4v) is 3.07. The van der Waals surface area contributed by atoms with Crippen LogP contribution in [0.1, 0.15) is 11.1 Å². The number of aryl methyl sites for hydroxylation is 2. The van der Waals surface area contributed by atoms with Gasteiger partial charge >= 0.3 is 0 Å². The van der Waals surface area contributed by atoms with E-state index in [9.17, 15) is 4.79 Å². The molecular formula is C22H20BrNO2. The molecule has 3 aromatic carbocycles. The summed E-state index contributed by atoms with van der Waals surface area (Å²) in [5, 5.41) is 2.87. The zero-order valence-corrected chi connectivity index (χ0v) is 16.3. The van der Waals surface area contributed by atoms with Crippen molar-refractivity contribution in [2.75, 3.05) is 11.9 Å². The van der Waals surface area contributed by atoms with Crippen LogP contribution in [0.15, 0.2) is 71.2 Å². The van der Waals surface area contributed by atoms with Crippen LogP contribution in [0.5, 0.6) is 5.75 Å². The minimum Gasteiger partial charge on any atom is -0.484 e. The van der Waals surface area contributed by atoms with Gasteiger partial charge in [-0.1, -0.05) is 57.9 Å². The average molecular weight is 410 g/mol. The van der Waals surface area contributed by atoms with Crippen molar-refractivity contribution in [1.82, 2.24) is 0 Å². The Morgan fingerprint density at radius 1 is 0.923 bits per heavy atom. The number of nitrogens with one attached hydrogen (secondary N) is 1. The zero-order chi connectivity index (χ0) is 18.5. The van der Waals surface area contributed by atoms with Crippen LogP contribution in [0.3, 0.4) is 0 Å². The Balaban J connectivity index is 1.57. The molecule has 0 spiro atoms. The summed E-state index contributed by atoms with van der Waals surface area (Å²) in [5.41, 5.74) is 5.30. The summed E-state index contributed by atoms with van der Waals surface area (Å²) in [6.45, 7) is 3.99. The molecular weight excluding hydrogens is 390 g/mol. The van der Waals surface area contributed by atoms with Crippen LogP contribution in [0.2, 0.25) is 0 Å². The number of rotatable bonds is 5. The second-order valence-corrected chi connectivity index (χ2v) is 7.10. The van der Waals surface area contributed by atoms with Crippen LogP contribution in [-0.4, -0.2) is 12.5 Å². The molecule has 1 amide bonds. The van der Waals surface area contributed by atoms with Crippen molar-refractivity contribution in [3.8, 4) is 16.9 Å². The average Bonchev–Trinajstić information content (AvgIpc) is 2.63. The van der Waals surface area contributed by atoms with E-state index in [4.69, 9.17) is 4.74 Å². The molecule has 1 N–H and O–H groups in total. The fraction of sp³-hybridized carbons (Fsp3) is 0.136. The Kier molecular flexibility index (Phi) is 5.74. The van der Waals surface area contributed by atoms with Crippen LogP contribution < -0.4 is 10.1 Å². The van der Waals surface area contributed by atoms with Gasteiger partial charge in [0.1, 0.15) is 5.75 Å². The molecule has 0 aliphatic carbocycles. The summed E-state index contributed by atoms with van der Waals surface area (Å²) >= 11 is 3.41. The molecule has 0 saturated heterocycles. The van der Waals surface area contributed by atoms with Gasteiger partial charge in [0, 0.05) is 10.2 Å². The highest BCUT2D eigenvalue weighted by atomic mass is 79.9. The number of hydrogen-bond donors (Lipinski definition) is 1. The second-order valence-electron chi connectivity index (χ2n) is 6.19. The first-order chi connectivity index (χ1) is 12.5. The molecule has 0 atom stereocenters. The Morgan fingerprint density at radius 2 is 1.54 bits per heavy atom. The highest BCUT2D eigenvalue weighted by Gasteiger charge is 2.06. The lowest BCUT2D eigenvalue weighted by molar-refractivity contribution is -0.118. The number of carbonyl (C=O) groups is 1. The first-order valence-electron chi connectivity index (χ1n) is 8.37. The number of ether oxygens (including phenoxy) is 1. The maximum Gasteiger partial charge on any atom is 0.262 e. The van der Waals surface area contributed by atoms with E-state index >= 15 is 0 Å². The summed E-state index contributed by atoms with van der Waals surface area (Å²) in [5.74, 6) is 0.488. The van der Waals surface area contributed by atoms with E-state index in [-0.39, 0.29) is 12.5 Å². The van der Waals surface area contributed by atoms with E-state index in [1.165, 1.54) is 5.56 Å². The molecule has 3 aromatic rings. The van der Waals surface area contributed by atoms with Crippen molar-refractivity contribution in [3.05, 3.63) is 82.3 Å². The summed E-state index contributed by atoms with van der Waals surface area (Å²) in [6.07, 6.45) is 0. The van der Waals surface area contributed by atoms with Gasteiger partial charge in [0.2, 0.25) is 0 Å². The lowest BCUT2D eigenvalue weighted by Crippen LogP contribution is -2.20. The van der Waals surface area contributed by atoms with Crippen LogP contribution in [0, 0.1) is 13.8 Å². The molecule has 0 aliphatic rings. The first-order valence-corrected chi connectivity index (χ1v) is 9.16. The summed E-state index contributed by atoms with van der Waals surface area (Å²) in [7, 11) is 0. The first kappa shape index (κ1) is 18.2. The smallest absolute Gasteiger partial charge is 0.262 e. The molecule has 0 aliphatic heterocycles. The molecule has 0 bridgehead atoms. The van der Waals surface area contributed by atoms with Crippen molar-refractivity contribution < 1.29 is 9.53 Å². The minimum atomic E-state index is -0.182. The third-order valence-corrected chi connectivity index (χ3v) is 4.56. The lowest BCUT2D eigenvalue weighted by atomic mass is 10.0. The molecule has 0 aromatic heterocycles. The molecule has 4 heteroatoms. The number of benzene rings is 3. The third-order valence-electron chi connectivity index (χ3n) is 4.07. The molecule has 0 fully saturated rings. The quantitative estimate of drug-likeness (QED) is 0.582. The van der Waals surface area contributed by atoms with E-state index in [2.05, 4.69) is 52.4 Å². The van der Waals surface area contributed by atoms with Crippen molar-refractivity contribution >= 4 is 27.5 Å². The minimum absolute atomic E-state index is 0.0284. The Hall–Kier alpha value is -2.59. The van der Waals surface area contributed by atoms with E-state index in [0.717, 1.165) is 26.9 Å². The van der Waals surface area contributed by atoms with Crippen LogP contribution in [0.25, 0.3) is 11.1 Å². The van der Waals surface area contributed by atoms with E-state index < -0.39 is 0 Å². The maximum atomic E-state index is 12.1. The fourth-order valence-electron chi connectivity index (χ4n) is 2.59. The molecule has 3 nitrogen and oxygen atoms in total. The van der Waals surface area contributed by atoms with Crippen molar-refractivity contribution in [1.29, 1.82) is 0 Å². The molecule has 0 radical (unpaired) electrons. The number of anilines is 1. The monoisotopic (exact) mass is 409 g/mol. The van der Waals surface area contributed by atoms with Crippen LogP contribution in [0.4, 0.5) is 5.69 Å². The van der Waals surface area contributed by atoms with Gasteiger partial charge in [-0.2, -0.15) is 0 Å². The number of amides is 1. The van der Waals surface area contributed by atoms with Crippen molar-refractivity contribution in [2.24, 2.45) is 0 Å². The Morgan fingerprint density at radius 3 is 2.15 bits per heavy atom.